The van der Waals surface area contributed by atoms with E-state index in [1.54, 1.807) is 0 Å². The Hall–Kier alpha value is -0.0800. The van der Waals surface area contributed by atoms with Gasteiger partial charge < -0.3 is 10.2 Å². The quantitative estimate of drug-likeness (QED) is 0.668. The molecule has 114 valence electrons. The van der Waals surface area contributed by atoms with Crippen molar-refractivity contribution in [3.05, 3.63) is 0 Å². The molecule has 1 aliphatic carbocycles. The van der Waals surface area contributed by atoms with E-state index in [9.17, 15) is 0 Å². The van der Waals surface area contributed by atoms with Gasteiger partial charge in [-0.3, -0.25) is 0 Å². The molecule has 0 aromatic heterocycles. The molecule has 0 radical (unpaired) electrons. The molecule has 0 amide bonds. The van der Waals surface area contributed by atoms with Crippen molar-refractivity contribution < 1.29 is 0 Å². The van der Waals surface area contributed by atoms with E-state index in [0.29, 0.717) is 5.41 Å². The highest BCUT2D eigenvalue weighted by molar-refractivity contribution is 4.87. The topological polar surface area (TPSA) is 15.3 Å². The summed E-state index contributed by atoms with van der Waals surface area (Å²) >= 11 is 0. The van der Waals surface area contributed by atoms with Crippen LogP contribution in [0.4, 0.5) is 0 Å². The fourth-order valence-corrected chi connectivity index (χ4v) is 3.53. The van der Waals surface area contributed by atoms with Gasteiger partial charge in [0.15, 0.2) is 0 Å². The van der Waals surface area contributed by atoms with Gasteiger partial charge in [-0.25, -0.2) is 0 Å². The molecule has 0 saturated heterocycles. The summed E-state index contributed by atoms with van der Waals surface area (Å²) in [4.78, 5) is 2.71. The monoisotopic (exact) mass is 268 g/mol. The molecule has 2 heteroatoms. The molecule has 0 aliphatic heterocycles. The Kier molecular flexibility index (Phi) is 8.01. The summed E-state index contributed by atoms with van der Waals surface area (Å²) in [7, 11) is 0. The van der Waals surface area contributed by atoms with Crippen molar-refractivity contribution in [1.82, 2.24) is 10.2 Å². The molecule has 0 heterocycles. The zero-order valence-electron chi connectivity index (χ0n) is 13.8. The van der Waals surface area contributed by atoms with Crippen LogP contribution in [0.5, 0.6) is 0 Å². The number of hydrogen-bond donors (Lipinski definition) is 1. The molecule has 2 nitrogen and oxygen atoms in total. The minimum atomic E-state index is 0.534. The Morgan fingerprint density at radius 3 is 2.16 bits per heavy atom. The second kappa shape index (κ2) is 8.97. The van der Waals surface area contributed by atoms with Crippen molar-refractivity contribution in [2.45, 2.75) is 78.7 Å². The summed E-state index contributed by atoms with van der Waals surface area (Å²) in [6.07, 6.45) is 9.88. The number of hydrogen-bond acceptors (Lipinski definition) is 2. The summed E-state index contributed by atoms with van der Waals surface area (Å²) in [5.41, 5.74) is 0.534. The van der Waals surface area contributed by atoms with E-state index in [1.807, 2.05) is 0 Å². The third kappa shape index (κ3) is 5.43. The van der Waals surface area contributed by atoms with Gasteiger partial charge in [0, 0.05) is 19.1 Å². The van der Waals surface area contributed by atoms with Gasteiger partial charge >= 0.3 is 0 Å². The van der Waals surface area contributed by atoms with Crippen LogP contribution in [0, 0.1) is 5.41 Å². The van der Waals surface area contributed by atoms with Crippen LogP contribution in [0.3, 0.4) is 0 Å². The molecule has 1 unspecified atom stereocenters. The first-order chi connectivity index (χ1) is 9.17. The average molecular weight is 268 g/mol. The van der Waals surface area contributed by atoms with Crippen molar-refractivity contribution in [3.63, 3.8) is 0 Å². The molecule has 1 atom stereocenters. The minimum absolute atomic E-state index is 0.534. The Morgan fingerprint density at radius 2 is 1.68 bits per heavy atom. The van der Waals surface area contributed by atoms with Crippen LogP contribution in [-0.2, 0) is 0 Å². The van der Waals surface area contributed by atoms with Gasteiger partial charge in [0.05, 0.1) is 0 Å². The Balaban J connectivity index is 2.70. The number of rotatable bonds is 8. The van der Waals surface area contributed by atoms with Crippen molar-refractivity contribution >= 4 is 0 Å². The average Bonchev–Trinajstić information content (AvgIpc) is 2.68. The summed E-state index contributed by atoms with van der Waals surface area (Å²) in [5, 5.41) is 3.65. The molecule has 1 saturated carbocycles. The predicted molar refractivity (Wildman–Crippen MR) is 85.7 cm³/mol. The van der Waals surface area contributed by atoms with E-state index >= 15 is 0 Å². The summed E-state index contributed by atoms with van der Waals surface area (Å²) in [5.74, 6) is 0. The first-order valence-electron chi connectivity index (χ1n) is 8.62. The lowest BCUT2D eigenvalue weighted by Gasteiger charge is -2.40. The number of nitrogens with zero attached hydrogens (tertiary/aromatic N) is 1. The van der Waals surface area contributed by atoms with Crippen molar-refractivity contribution in [3.8, 4) is 0 Å². The van der Waals surface area contributed by atoms with Gasteiger partial charge in [0.25, 0.3) is 0 Å². The van der Waals surface area contributed by atoms with E-state index in [2.05, 4.69) is 37.9 Å². The zero-order chi connectivity index (χ0) is 14.1. The molecule has 1 N–H and O–H groups in total. The lowest BCUT2D eigenvalue weighted by atomic mass is 9.79. The molecule has 1 aliphatic rings. The van der Waals surface area contributed by atoms with E-state index in [4.69, 9.17) is 0 Å². The summed E-state index contributed by atoms with van der Waals surface area (Å²) in [6, 6.07) is 0.728. The van der Waals surface area contributed by atoms with Gasteiger partial charge in [0.1, 0.15) is 0 Å². The van der Waals surface area contributed by atoms with Gasteiger partial charge in [-0.1, -0.05) is 46.5 Å². The van der Waals surface area contributed by atoms with Crippen molar-refractivity contribution in [2.24, 2.45) is 5.41 Å². The van der Waals surface area contributed by atoms with Gasteiger partial charge in [-0.2, -0.15) is 0 Å². The second-order valence-electron chi connectivity index (χ2n) is 6.51. The first-order valence-corrected chi connectivity index (χ1v) is 8.62. The van der Waals surface area contributed by atoms with Crippen molar-refractivity contribution in [1.29, 1.82) is 0 Å². The minimum Gasteiger partial charge on any atom is -0.316 e. The van der Waals surface area contributed by atoms with Crippen LogP contribution in [-0.4, -0.2) is 37.1 Å². The normalized spacial score (nSPS) is 21.3. The first kappa shape index (κ1) is 17.0. The summed E-state index contributed by atoms with van der Waals surface area (Å²) in [6.45, 7) is 14.1. The fourth-order valence-electron chi connectivity index (χ4n) is 3.53. The van der Waals surface area contributed by atoms with E-state index in [1.165, 1.54) is 64.6 Å². The summed E-state index contributed by atoms with van der Waals surface area (Å²) < 4.78 is 0. The van der Waals surface area contributed by atoms with E-state index in [0.717, 1.165) is 12.6 Å². The lowest BCUT2D eigenvalue weighted by molar-refractivity contribution is 0.101. The molecule has 0 bridgehead atoms. The maximum Gasteiger partial charge on any atom is 0.00644 e. The number of nitrogens with one attached hydrogen (secondary N) is 1. The standard InChI is InChI=1S/C17H36N2/c1-5-16(4)19(7-3)15-17(14-18-6-2)12-10-8-9-11-13-17/h16,18H,5-15H2,1-4H3. The van der Waals surface area contributed by atoms with Crippen LogP contribution >= 0.6 is 0 Å². The molecule has 0 aromatic rings. The highest BCUT2D eigenvalue weighted by Gasteiger charge is 2.33. The van der Waals surface area contributed by atoms with Crippen LogP contribution in [0.25, 0.3) is 0 Å². The van der Waals surface area contributed by atoms with Gasteiger partial charge in [0.2, 0.25) is 0 Å². The fraction of sp³-hybridized carbons (Fsp3) is 1.00. The molecule has 1 rings (SSSR count). The molecule has 0 spiro atoms. The highest BCUT2D eigenvalue weighted by Crippen LogP contribution is 2.36. The Labute approximate surface area is 121 Å². The third-order valence-corrected chi connectivity index (χ3v) is 5.07. The van der Waals surface area contributed by atoms with Gasteiger partial charge in [-0.05, 0) is 44.7 Å². The lowest BCUT2D eigenvalue weighted by Crippen LogP contribution is -2.46. The zero-order valence-corrected chi connectivity index (χ0v) is 13.8. The van der Waals surface area contributed by atoms with E-state index in [-0.39, 0.29) is 0 Å². The Morgan fingerprint density at radius 1 is 1.05 bits per heavy atom. The SMILES string of the molecule is CCNCC1(CN(CC)C(C)CC)CCCCCC1. The van der Waals surface area contributed by atoms with Gasteiger partial charge in [-0.15, -0.1) is 0 Å². The van der Waals surface area contributed by atoms with Crippen molar-refractivity contribution in [2.75, 3.05) is 26.2 Å². The maximum absolute atomic E-state index is 3.65. The third-order valence-electron chi connectivity index (χ3n) is 5.07. The smallest absolute Gasteiger partial charge is 0.00644 e. The highest BCUT2D eigenvalue weighted by atomic mass is 15.2. The molecular weight excluding hydrogens is 232 g/mol. The van der Waals surface area contributed by atoms with Crippen LogP contribution in [0.15, 0.2) is 0 Å². The van der Waals surface area contributed by atoms with E-state index < -0.39 is 0 Å². The van der Waals surface area contributed by atoms with Crippen LogP contribution in [0.2, 0.25) is 0 Å². The largest absolute Gasteiger partial charge is 0.316 e. The maximum atomic E-state index is 3.65. The molecule has 19 heavy (non-hydrogen) atoms. The Bertz CT molecular complexity index is 219. The predicted octanol–water partition coefficient (Wildman–Crippen LogP) is 4.06. The molecule has 0 aromatic carbocycles. The molecule has 1 fully saturated rings. The van der Waals surface area contributed by atoms with Crippen LogP contribution in [0.1, 0.15) is 72.6 Å². The second-order valence-corrected chi connectivity index (χ2v) is 6.51. The van der Waals surface area contributed by atoms with Crippen LogP contribution < -0.4 is 5.32 Å². The molecular formula is C17H36N2.